The maximum atomic E-state index is 5.64. The molecule has 1 heterocycles. The van der Waals surface area contributed by atoms with Crippen LogP contribution in [0.25, 0.3) is 0 Å². The van der Waals surface area contributed by atoms with Gasteiger partial charge in [0.15, 0.2) is 0 Å². The summed E-state index contributed by atoms with van der Waals surface area (Å²) in [5, 5.41) is 3.94. The zero-order chi connectivity index (χ0) is 11.4. The minimum atomic E-state index is -0.0407. The lowest BCUT2D eigenvalue weighted by molar-refractivity contribution is 0.0273. The first-order chi connectivity index (χ1) is 7.85. The lowest BCUT2D eigenvalue weighted by Gasteiger charge is -2.26. The summed E-state index contributed by atoms with van der Waals surface area (Å²) in [6.07, 6.45) is 6.19. The van der Waals surface area contributed by atoms with Gasteiger partial charge in [-0.1, -0.05) is 24.4 Å². The summed E-state index contributed by atoms with van der Waals surface area (Å²) in [4.78, 5) is 4.24. The first-order valence-corrected chi connectivity index (χ1v) is 6.30. The number of rotatable bonds is 4. The van der Waals surface area contributed by atoms with Gasteiger partial charge in [-0.2, -0.15) is 4.98 Å². The molecule has 0 N–H and O–H groups in total. The van der Waals surface area contributed by atoms with Gasteiger partial charge in [0.25, 0.3) is 0 Å². The number of alkyl halides is 1. The van der Waals surface area contributed by atoms with Gasteiger partial charge in [-0.25, -0.2) is 0 Å². The molecular formula is C11H17ClN2O2. The van der Waals surface area contributed by atoms with Gasteiger partial charge < -0.3 is 9.26 Å². The van der Waals surface area contributed by atoms with Gasteiger partial charge >= 0.3 is 0 Å². The number of ether oxygens (including phenoxy) is 1. The molecule has 5 heteroatoms. The molecule has 0 saturated heterocycles. The van der Waals surface area contributed by atoms with Crippen LogP contribution in [0.5, 0.6) is 0 Å². The molecule has 1 aliphatic rings. The second kappa shape index (κ2) is 5.64. The summed E-state index contributed by atoms with van der Waals surface area (Å²) in [7, 11) is 1.70. The molecule has 0 spiro atoms. The molecule has 0 aromatic carbocycles. The van der Waals surface area contributed by atoms with Crippen molar-refractivity contribution >= 4 is 11.6 Å². The number of halogens is 1. The van der Waals surface area contributed by atoms with Gasteiger partial charge in [0.1, 0.15) is 12.0 Å². The zero-order valence-electron chi connectivity index (χ0n) is 9.49. The molecule has 1 aromatic heterocycles. The summed E-state index contributed by atoms with van der Waals surface area (Å²) >= 11 is 5.64. The Bertz CT molecular complexity index is 324. The van der Waals surface area contributed by atoms with E-state index in [-0.39, 0.29) is 12.0 Å². The fourth-order valence-corrected chi connectivity index (χ4v) is 2.49. The smallest absolute Gasteiger partial charge is 0.241 e. The van der Waals surface area contributed by atoms with Crippen LogP contribution in [-0.4, -0.2) is 17.3 Å². The second-order valence-corrected chi connectivity index (χ2v) is 4.50. The molecule has 1 unspecified atom stereocenters. The van der Waals surface area contributed by atoms with Gasteiger partial charge in [-0.15, -0.1) is 11.6 Å². The van der Waals surface area contributed by atoms with Crippen molar-refractivity contribution in [2.45, 2.75) is 44.1 Å². The molecule has 1 fully saturated rings. The first-order valence-electron chi connectivity index (χ1n) is 5.76. The van der Waals surface area contributed by atoms with Crippen molar-refractivity contribution in [3.8, 4) is 0 Å². The van der Waals surface area contributed by atoms with E-state index in [1.165, 1.54) is 32.1 Å². The second-order valence-electron chi connectivity index (χ2n) is 4.23. The van der Waals surface area contributed by atoms with E-state index in [4.69, 9.17) is 20.9 Å². The highest BCUT2D eigenvalue weighted by Gasteiger charge is 2.28. The minimum Gasteiger partial charge on any atom is -0.373 e. The van der Waals surface area contributed by atoms with Crippen molar-refractivity contribution in [3.05, 3.63) is 11.7 Å². The topological polar surface area (TPSA) is 48.2 Å². The molecular weight excluding hydrogens is 228 g/mol. The Hall–Kier alpha value is -0.610. The molecule has 0 bridgehead atoms. The van der Waals surface area contributed by atoms with Gasteiger partial charge in [-0.3, -0.25) is 0 Å². The Kier molecular flexibility index (Phi) is 4.18. The van der Waals surface area contributed by atoms with Gasteiger partial charge in [0, 0.05) is 7.11 Å². The van der Waals surface area contributed by atoms with Gasteiger partial charge in [-0.05, 0) is 18.8 Å². The number of nitrogens with zero attached hydrogens (tertiary/aromatic N) is 2. The number of aromatic nitrogens is 2. The average molecular weight is 245 g/mol. The Labute approximate surface area is 100 Å². The van der Waals surface area contributed by atoms with Crippen LogP contribution in [0.1, 0.15) is 49.9 Å². The number of methoxy groups -OCH3 is 1. The van der Waals surface area contributed by atoms with E-state index in [0.29, 0.717) is 17.6 Å². The molecule has 16 heavy (non-hydrogen) atoms. The van der Waals surface area contributed by atoms with Crippen molar-refractivity contribution in [2.75, 3.05) is 7.11 Å². The van der Waals surface area contributed by atoms with E-state index in [9.17, 15) is 0 Å². The molecule has 4 nitrogen and oxygen atoms in total. The monoisotopic (exact) mass is 244 g/mol. The van der Waals surface area contributed by atoms with Crippen LogP contribution in [0.15, 0.2) is 4.52 Å². The lowest BCUT2D eigenvalue weighted by Crippen LogP contribution is -2.19. The molecule has 2 rings (SSSR count). The van der Waals surface area contributed by atoms with Crippen LogP contribution >= 0.6 is 11.6 Å². The van der Waals surface area contributed by atoms with Gasteiger partial charge in [0.05, 0.1) is 0 Å². The maximum absolute atomic E-state index is 5.64. The Balaban J connectivity index is 2.08. The van der Waals surface area contributed by atoms with Crippen LogP contribution in [0, 0.1) is 5.92 Å². The highest BCUT2D eigenvalue weighted by molar-refractivity contribution is 6.16. The van der Waals surface area contributed by atoms with E-state index in [0.717, 1.165) is 0 Å². The van der Waals surface area contributed by atoms with Gasteiger partial charge in [0.2, 0.25) is 11.7 Å². The van der Waals surface area contributed by atoms with E-state index in [1.54, 1.807) is 7.11 Å². The SMILES string of the molecule is COC(c1noc(CCl)n1)C1CCCCC1. The summed E-state index contributed by atoms with van der Waals surface area (Å²) in [6.45, 7) is 0. The van der Waals surface area contributed by atoms with E-state index in [2.05, 4.69) is 10.1 Å². The molecule has 0 amide bonds. The number of hydrogen-bond acceptors (Lipinski definition) is 4. The third kappa shape index (κ3) is 2.55. The van der Waals surface area contributed by atoms with Crippen molar-refractivity contribution in [1.82, 2.24) is 10.1 Å². The van der Waals surface area contributed by atoms with E-state index < -0.39 is 0 Å². The van der Waals surface area contributed by atoms with E-state index >= 15 is 0 Å². The minimum absolute atomic E-state index is 0.0407. The predicted molar refractivity (Wildman–Crippen MR) is 60.2 cm³/mol. The highest BCUT2D eigenvalue weighted by Crippen LogP contribution is 2.35. The molecule has 1 aromatic rings. The van der Waals surface area contributed by atoms with Crippen molar-refractivity contribution in [3.63, 3.8) is 0 Å². The van der Waals surface area contributed by atoms with Crippen molar-refractivity contribution in [1.29, 1.82) is 0 Å². The van der Waals surface area contributed by atoms with Crippen LogP contribution in [-0.2, 0) is 10.6 Å². The Morgan fingerprint density at radius 1 is 1.44 bits per heavy atom. The van der Waals surface area contributed by atoms with Crippen molar-refractivity contribution in [2.24, 2.45) is 5.92 Å². The quantitative estimate of drug-likeness (QED) is 0.764. The Morgan fingerprint density at radius 2 is 2.19 bits per heavy atom. The molecule has 90 valence electrons. The molecule has 1 saturated carbocycles. The maximum Gasteiger partial charge on any atom is 0.241 e. The summed E-state index contributed by atoms with van der Waals surface area (Å²) in [5.74, 6) is 1.88. The van der Waals surface area contributed by atoms with E-state index in [1.807, 2.05) is 0 Å². The van der Waals surface area contributed by atoms with Crippen LogP contribution in [0.3, 0.4) is 0 Å². The molecule has 0 radical (unpaired) electrons. The van der Waals surface area contributed by atoms with Crippen molar-refractivity contribution < 1.29 is 9.26 Å². The zero-order valence-corrected chi connectivity index (χ0v) is 10.2. The Morgan fingerprint density at radius 3 is 2.75 bits per heavy atom. The molecule has 1 atom stereocenters. The average Bonchev–Trinajstić information content (AvgIpc) is 2.80. The van der Waals surface area contributed by atoms with Crippen LogP contribution < -0.4 is 0 Å². The fraction of sp³-hybridized carbons (Fsp3) is 0.818. The highest BCUT2D eigenvalue weighted by atomic mass is 35.5. The van der Waals surface area contributed by atoms with Crippen LogP contribution in [0.2, 0.25) is 0 Å². The number of hydrogen-bond donors (Lipinski definition) is 0. The molecule has 0 aliphatic heterocycles. The third-order valence-corrected chi connectivity index (χ3v) is 3.41. The summed E-state index contributed by atoms with van der Waals surface area (Å²) in [5.41, 5.74) is 0. The summed E-state index contributed by atoms with van der Waals surface area (Å²) < 4.78 is 10.5. The summed E-state index contributed by atoms with van der Waals surface area (Å²) in [6, 6.07) is 0. The normalized spacial score (nSPS) is 19.9. The molecule has 1 aliphatic carbocycles. The predicted octanol–water partition coefficient (Wildman–Crippen LogP) is 3.08. The van der Waals surface area contributed by atoms with Crippen LogP contribution in [0.4, 0.5) is 0 Å². The largest absolute Gasteiger partial charge is 0.373 e. The standard InChI is InChI=1S/C11H17ClN2O2/c1-15-10(8-5-3-2-4-6-8)11-13-9(7-12)16-14-11/h8,10H,2-7H2,1H3. The first kappa shape index (κ1) is 11.9. The third-order valence-electron chi connectivity index (χ3n) is 3.18. The fourth-order valence-electron chi connectivity index (χ4n) is 2.38. The lowest BCUT2D eigenvalue weighted by atomic mass is 9.85.